The summed E-state index contributed by atoms with van der Waals surface area (Å²) in [6, 6.07) is 18.2. The number of furan rings is 2. The number of hydrogen-bond donors (Lipinski definition) is 2. The Kier molecular flexibility index (Phi) is 7.52. The molecule has 0 aliphatic carbocycles. The third-order valence-corrected chi connectivity index (χ3v) is 11.4. The molecular formula is C36H50N2O2. The van der Waals surface area contributed by atoms with Gasteiger partial charge in [-0.05, 0) is 99.9 Å². The third-order valence-electron chi connectivity index (χ3n) is 11.4. The van der Waals surface area contributed by atoms with Crippen LogP contribution >= 0.6 is 0 Å². The van der Waals surface area contributed by atoms with Crippen LogP contribution in [0.3, 0.4) is 0 Å². The van der Waals surface area contributed by atoms with Gasteiger partial charge >= 0.3 is 0 Å². The van der Waals surface area contributed by atoms with Crippen LogP contribution in [0, 0.1) is 0 Å². The molecule has 4 nitrogen and oxygen atoms in total. The van der Waals surface area contributed by atoms with Crippen molar-refractivity contribution in [1.82, 2.24) is 9.97 Å². The van der Waals surface area contributed by atoms with Crippen molar-refractivity contribution in [3.8, 4) is 0 Å². The van der Waals surface area contributed by atoms with Gasteiger partial charge < -0.3 is 18.8 Å². The van der Waals surface area contributed by atoms with Gasteiger partial charge in [-0.15, -0.1) is 0 Å². The van der Waals surface area contributed by atoms with Crippen LogP contribution in [-0.4, -0.2) is 9.97 Å². The zero-order chi connectivity index (χ0) is 28.8. The first kappa shape index (κ1) is 28.6. The van der Waals surface area contributed by atoms with E-state index < -0.39 is 0 Å². The Hall–Kier alpha value is -2.88. The van der Waals surface area contributed by atoms with Crippen LogP contribution in [0.15, 0.2) is 57.4 Å². The second-order valence-corrected chi connectivity index (χ2v) is 12.1. The zero-order valence-corrected chi connectivity index (χ0v) is 26.1. The van der Waals surface area contributed by atoms with Crippen LogP contribution in [0.4, 0.5) is 0 Å². The van der Waals surface area contributed by atoms with Crippen molar-refractivity contribution in [1.29, 1.82) is 0 Å². The molecule has 0 amide bonds. The Balaban J connectivity index is 1.86. The molecule has 0 spiro atoms. The molecule has 1 aliphatic rings. The minimum atomic E-state index is -0.219. The average Bonchev–Trinajstić information content (AvgIpc) is 3.81. The van der Waals surface area contributed by atoms with Gasteiger partial charge in [0.25, 0.3) is 0 Å². The van der Waals surface area contributed by atoms with Crippen molar-refractivity contribution >= 4 is 0 Å². The molecule has 4 aromatic heterocycles. The lowest BCUT2D eigenvalue weighted by molar-refractivity contribution is 0.288. The van der Waals surface area contributed by atoms with Gasteiger partial charge in [0.05, 0.1) is 21.7 Å². The summed E-state index contributed by atoms with van der Waals surface area (Å²) >= 11 is 0. The predicted molar refractivity (Wildman–Crippen MR) is 164 cm³/mol. The first-order chi connectivity index (χ1) is 19.3. The molecule has 0 saturated heterocycles. The average molecular weight is 543 g/mol. The van der Waals surface area contributed by atoms with E-state index in [-0.39, 0.29) is 21.7 Å². The number of nitrogens with one attached hydrogen (secondary N) is 2. The van der Waals surface area contributed by atoms with E-state index in [1.165, 1.54) is 22.8 Å². The monoisotopic (exact) mass is 542 g/mol. The lowest BCUT2D eigenvalue weighted by Gasteiger charge is -2.34. The molecule has 0 unspecified atom stereocenters. The molecule has 5 rings (SSSR count). The van der Waals surface area contributed by atoms with Crippen molar-refractivity contribution in [2.24, 2.45) is 0 Å². The Morgan fingerprint density at radius 1 is 0.375 bits per heavy atom. The number of hydrogen-bond acceptors (Lipinski definition) is 2. The summed E-state index contributed by atoms with van der Waals surface area (Å²) in [6.45, 7) is 18.3. The van der Waals surface area contributed by atoms with Gasteiger partial charge in [-0.25, -0.2) is 0 Å². The molecule has 5 heterocycles. The number of aromatic amines is 2. The highest BCUT2D eigenvalue weighted by atomic mass is 16.3. The fourth-order valence-electron chi connectivity index (χ4n) is 8.06. The Bertz CT molecular complexity index is 1110. The van der Waals surface area contributed by atoms with Crippen molar-refractivity contribution in [3.63, 3.8) is 0 Å². The van der Waals surface area contributed by atoms with Gasteiger partial charge in [0.2, 0.25) is 0 Å². The molecule has 0 aromatic carbocycles. The SMILES string of the molecule is CCC1(CC)c2ccc([nH]2)C(CC)(CC)c2ccc(o2)C(CC)(CC)c2ccc([nH]2)C(CC)(CC)c2ccc1o2. The molecule has 4 heteroatoms. The van der Waals surface area contributed by atoms with E-state index in [0.717, 1.165) is 74.4 Å². The standard InChI is InChI=1S/C36H50N2O2/c1-9-33(10-2)25-17-18-26(37-25)34(11-3,12-4)31-23-24-32(40-31)36(15-7,16-8)28-20-19-27(38-28)35(13-5,14-6)30-22-21-29(33)39-30/h17-24,37-38H,9-16H2,1-8H3. The first-order valence-corrected chi connectivity index (χ1v) is 15.9. The van der Waals surface area contributed by atoms with Crippen LogP contribution in [-0.2, 0) is 21.7 Å². The number of rotatable bonds is 8. The Morgan fingerprint density at radius 3 is 0.750 bits per heavy atom. The minimum Gasteiger partial charge on any atom is -0.464 e. The van der Waals surface area contributed by atoms with Gasteiger partial charge in [0.1, 0.15) is 23.0 Å². The van der Waals surface area contributed by atoms with Gasteiger partial charge in [-0.2, -0.15) is 0 Å². The second-order valence-electron chi connectivity index (χ2n) is 12.1. The van der Waals surface area contributed by atoms with Crippen molar-refractivity contribution in [2.45, 2.75) is 128 Å². The van der Waals surface area contributed by atoms with Crippen LogP contribution in [0.2, 0.25) is 0 Å². The van der Waals surface area contributed by atoms with E-state index in [0.29, 0.717) is 0 Å². The van der Waals surface area contributed by atoms with Crippen LogP contribution in [0.5, 0.6) is 0 Å². The quantitative estimate of drug-likeness (QED) is 0.233. The largest absolute Gasteiger partial charge is 0.464 e. The molecule has 216 valence electrons. The predicted octanol–water partition coefficient (Wildman–Crippen LogP) is 10.3. The fraction of sp³-hybridized carbons (Fsp3) is 0.556. The number of fused-ring (bicyclic) bond motifs is 8. The highest BCUT2D eigenvalue weighted by Gasteiger charge is 2.44. The molecule has 1 aliphatic heterocycles. The topological polar surface area (TPSA) is 57.9 Å². The molecule has 0 fully saturated rings. The second kappa shape index (κ2) is 10.5. The zero-order valence-electron chi connectivity index (χ0n) is 26.1. The summed E-state index contributed by atoms with van der Waals surface area (Å²) in [4.78, 5) is 7.90. The third kappa shape index (κ3) is 3.70. The molecule has 4 aromatic rings. The van der Waals surface area contributed by atoms with E-state index in [2.05, 4.69) is 114 Å². The summed E-state index contributed by atoms with van der Waals surface area (Å²) in [5, 5.41) is 0. The summed E-state index contributed by atoms with van der Waals surface area (Å²) in [6.07, 6.45) is 7.67. The Labute approximate surface area is 241 Å². The maximum absolute atomic E-state index is 6.99. The fourth-order valence-corrected chi connectivity index (χ4v) is 8.06. The van der Waals surface area contributed by atoms with E-state index in [1.54, 1.807) is 0 Å². The number of H-pyrrole nitrogens is 2. The highest BCUT2D eigenvalue weighted by molar-refractivity contribution is 5.43. The van der Waals surface area contributed by atoms with Crippen molar-refractivity contribution in [2.75, 3.05) is 0 Å². The minimum absolute atomic E-state index is 0.219. The van der Waals surface area contributed by atoms with Crippen LogP contribution in [0.1, 0.15) is 153 Å². The van der Waals surface area contributed by atoms with E-state index in [1.807, 2.05) is 0 Å². The number of aromatic nitrogens is 2. The molecule has 8 bridgehead atoms. The molecule has 2 N–H and O–H groups in total. The maximum Gasteiger partial charge on any atom is 0.116 e. The van der Waals surface area contributed by atoms with Gasteiger partial charge in [-0.3, -0.25) is 0 Å². The van der Waals surface area contributed by atoms with Gasteiger partial charge in [0.15, 0.2) is 0 Å². The normalized spacial score (nSPS) is 18.6. The van der Waals surface area contributed by atoms with Gasteiger partial charge in [0, 0.05) is 22.8 Å². The lowest BCUT2D eigenvalue weighted by atomic mass is 9.76. The van der Waals surface area contributed by atoms with E-state index >= 15 is 0 Å². The van der Waals surface area contributed by atoms with Crippen LogP contribution in [0.25, 0.3) is 0 Å². The molecule has 0 radical (unpaired) electrons. The van der Waals surface area contributed by atoms with Crippen molar-refractivity contribution in [3.05, 3.63) is 94.3 Å². The lowest BCUT2D eigenvalue weighted by Crippen LogP contribution is -2.30. The van der Waals surface area contributed by atoms with E-state index in [4.69, 9.17) is 8.83 Å². The van der Waals surface area contributed by atoms with E-state index in [9.17, 15) is 0 Å². The summed E-state index contributed by atoms with van der Waals surface area (Å²) in [7, 11) is 0. The summed E-state index contributed by atoms with van der Waals surface area (Å²) < 4.78 is 14.0. The maximum atomic E-state index is 6.99. The van der Waals surface area contributed by atoms with Crippen LogP contribution < -0.4 is 0 Å². The van der Waals surface area contributed by atoms with Crippen molar-refractivity contribution < 1.29 is 8.83 Å². The Morgan fingerprint density at radius 2 is 0.575 bits per heavy atom. The summed E-state index contributed by atoms with van der Waals surface area (Å²) in [5.74, 6) is 4.23. The molecule has 0 saturated carbocycles. The molecular weight excluding hydrogens is 492 g/mol. The highest BCUT2D eigenvalue weighted by Crippen LogP contribution is 2.49. The van der Waals surface area contributed by atoms with Gasteiger partial charge in [-0.1, -0.05) is 55.4 Å². The summed E-state index contributed by atoms with van der Waals surface area (Å²) in [5.41, 5.74) is 4.05. The smallest absolute Gasteiger partial charge is 0.116 e. The molecule has 0 atom stereocenters. The first-order valence-electron chi connectivity index (χ1n) is 15.9. The molecule has 40 heavy (non-hydrogen) atoms.